The van der Waals surface area contributed by atoms with Gasteiger partial charge in [0.15, 0.2) is 17.5 Å². The summed E-state index contributed by atoms with van der Waals surface area (Å²) in [7, 11) is 0. The number of rotatable bonds is 6. The average Bonchev–Trinajstić information content (AvgIpc) is 3.21. The zero-order valence-electron chi connectivity index (χ0n) is 27.1. The molecule has 0 aliphatic rings. The minimum atomic E-state index is 0.625. The Morgan fingerprint density at radius 3 is 1.02 bits per heavy atom. The molecule has 0 bridgehead atoms. The van der Waals surface area contributed by atoms with Crippen molar-refractivity contribution >= 4 is 21.5 Å². The third kappa shape index (κ3) is 5.80. The van der Waals surface area contributed by atoms with Gasteiger partial charge in [0.1, 0.15) is 0 Å². The topological polar surface area (TPSA) is 51.6 Å². The van der Waals surface area contributed by atoms with Crippen molar-refractivity contribution in [1.82, 2.24) is 19.9 Å². The summed E-state index contributed by atoms with van der Waals surface area (Å²) in [5, 5.41) is 4.91. The molecular formula is C46H30N4. The van der Waals surface area contributed by atoms with E-state index < -0.39 is 0 Å². The van der Waals surface area contributed by atoms with Crippen LogP contribution in [0.2, 0.25) is 0 Å². The maximum absolute atomic E-state index is 5.02. The fourth-order valence-electron chi connectivity index (χ4n) is 6.47. The maximum atomic E-state index is 5.02. The molecular weight excluding hydrogens is 609 g/mol. The third-order valence-electron chi connectivity index (χ3n) is 9.23. The van der Waals surface area contributed by atoms with Crippen molar-refractivity contribution < 1.29 is 0 Å². The SMILES string of the molecule is c1cncc(-c2ccc(-c3nc(-c4ccc(-c5ccc6ccccc6c5)cc4)nc(-c4ccc(-c5ccc6ccccc6c5)cc4)n3)cc2)c1. The molecule has 0 aliphatic carbocycles. The number of fused-ring (bicyclic) bond motifs is 2. The van der Waals surface area contributed by atoms with E-state index in [1.54, 1.807) is 6.20 Å². The van der Waals surface area contributed by atoms with E-state index in [1.807, 2.05) is 12.3 Å². The first-order valence-corrected chi connectivity index (χ1v) is 16.7. The van der Waals surface area contributed by atoms with Crippen molar-refractivity contribution in [3.8, 4) is 67.5 Å². The van der Waals surface area contributed by atoms with Crippen LogP contribution in [0, 0.1) is 0 Å². The smallest absolute Gasteiger partial charge is 0.164 e. The molecule has 0 aliphatic heterocycles. The first kappa shape index (κ1) is 29.4. The highest BCUT2D eigenvalue weighted by molar-refractivity contribution is 5.88. The monoisotopic (exact) mass is 638 g/mol. The molecule has 0 fully saturated rings. The van der Waals surface area contributed by atoms with Gasteiger partial charge >= 0.3 is 0 Å². The Kier molecular flexibility index (Phi) is 7.45. The van der Waals surface area contributed by atoms with Crippen LogP contribution in [0.3, 0.4) is 0 Å². The van der Waals surface area contributed by atoms with Gasteiger partial charge in [0.05, 0.1) is 0 Å². The van der Waals surface area contributed by atoms with Gasteiger partial charge < -0.3 is 0 Å². The molecule has 0 radical (unpaired) electrons. The van der Waals surface area contributed by atoms with Crippen LogP contribution in [0.5, 0.6) is 0 Å². The largest absolute Gasteiger partial charge is 0.264 e. The molecule has 9 rings (SSSR count). The van der Waals surface area contributed by atoms with E-state index in [-0.39, 0.29) is 0 Å². The molecule has 0 N–H and O–H groups in total. The summed E-state index contributed by atoms with van der Waals surface area (Å²) < 4.78 is 0. The minimum absolute atomic E-state index is 0.625. The third-order valence-corrected chi connectivity index (χ3v) is 9.23. The molecule has 4 heteroatoms. The number of nitrogens with zero attached hydrogens (tertiary/aromatic N) is 4. The van der Waals surface area contributed by atoms with E-state index >= 15 is 0 Å². The van der Waals surface area contributed by atoms with Crippen LogP contribution in [0.15, 0.2) is 182 Å². The second-order valence-electron chi connectivity index (χ2n) is 12.4. The van der Waals surface area contributed by atoms with Crippen LogP contribution in [-0.4, -0.2) is 19.9 Å². The molecule has 4 nitrogen and oxygen atoms in total. The molecule has 0 saturated carbocycles. The molecule has 9 aromatic rings. The predicted octanol–water partition coefficient (Wildman–Crippen LogP) is 11.6. The Bertz CT molecular complexity index is 2470. The molecule has 0 unspecified atom stereocenters. The van der Waals surface area contributed by atoms with Crippen molar-refractivity contribution in [2.24, 2.45) is 0 Å². The highest BCUT2D eigenvalue weighted by Crippen LogP contribution is 2.31. The van der Waals surface area contributed by atoms with E-state index in [0.29, 0.717) is 17.5 Å². The Labute approximate surface area is 290 Å². The van der Waals surface area contributed by atoms with E-state index in [0.717, 1.165) is 38.9 Å². The number of aromatic nitrogens is 4. The lowest BCUT2D eigenvalue weighted by molar-refractivity contribution is 1.07. The standard InChI is InChI=1S/C46H30N4/c1-3-8-39-28-41(25-17-31(39)6-1)33-11-19-36(20-12-33)44-48-45(50-46(49-44)38-23-15-35(16-24-38)43-10-5-27-47-30-43)37-21-13-34(14-22-37)42-26-18-32-7-2-4-9-40(32)29-42/h1-30H. The Morgan fingerprint density at radius 2 is 0.620 bits per heavy atom. The lowest BCUT2D eigenvalue weighted by atomic mass is 10.00. The van der Waals surface area contributed by atoms with E-state index in [1.165, 1.54) is 32.7 Å². The Hall–Kier alpha value is -6.78. The predicted molar refractivity (Wildman–Crippen MR) is 205 cm³/mol. The minimum Gasteiger partial charge on any atom is -0.264 e. The summed E-state index contributed by atoms with van der Waals surface area (Å²) >= 11 is 0. The number of hydrogen-bond acceptors (Lipinski definition) is 4. The van der Waals surface area contributed by atoms with Crippen molar-refractivity contribution in [1.29, 1.82) is 0 Å². The van der Waals surface area contributed by atoms with Crippen LogP contribution in [-0.2, 0) is 0 Å². The van der Waals surface area contributed by atoms with Gasteiger partial charge in [0, 0.05) is 29.1 Å². The highest BCUT2D eigenvalue weighted by Gasteiger charge is 2.14. The van der Waals surface area contributed by atoms with Crippen molar-refractivity contribution in [2.75, 3.05) is 0 Å². The van der Waals surface area contributed by atoms with Gasteiger partial charge in [-0.25, -0.2) is 15.0 Å². The van der Waals surface area contributed by atoms with Crippen LogP contribution in [0.4, 0.5) is 0 Å². The molecule has 0 spiro atoms. The first-order valence-electron chi connectivity index (χ1n) is 16.7. The van der Waals surface area contributed by atoms with Crippen LogP contribution in [0.25, 0.3) is 89.1 Å². The van der Waals surface area contributed by atoms with E-state index in [4.69, 9.17) is 15.0 Å². The molecule has 234 valence electrons. The molecule has 0 amide bonds. The Morgan fingerprint density at radius 1 is 0.260 bits per heavy atom. The summed E-state index contributed by atoms with van der Waals surface area (Å²) in [6.07, 6.45) is 3.66. The summed E-state index contributed by atoms with van der Waals surface area (Å²) in [6, 6.07) is 59.3. The van der Waals surface area contributed by atoms with E-state index in [9.17, 15) is 0 Å². The zero-order chi connectivity index (χ0) is 33.3. The van der Waals surface area contributed by atoms with Crippen LogP contribution < -0.4 is 0 Å². The van der Waals surface area contributed by atoms with Gasteiger partial charge in [0.25, 0.3) is 0 Å². The fraction of sp³-hybridized carbons (Fsp3) is 0. The van der Waals surface area contributed by atoms with Gasteiger partial charge in [-0.05, 0) is 73.1 Å². The summed E-state index contributed by atoms with van der Waals surface area (Å²) in [5.74, 6) is 1.88. The second-order valence-corrected chi connectivity index (χ2v) is 12.4. The first-order chi connectivity index (χ1) is 24.7. The van der Waals surface area contributed by atoms with Crippen LogP contribution in [0.1, 0.15) is 0 Å². The number of pyridine rings is 1. The summed E-state index contributed by atoms with van der Waals surface area (Å²) in [4.78, 5) is 19.3. The van der Waals surface area contributed by atoms with Crippen molar-refractivity contribution in [3.05, 3.63) is 182 Å². The molecule has 2 heterocycles. The maximum Gasteiger partial charge on any atom is 0.164 e. The summed E-state index contributed by atoms with van der Waals surface area (Å²) in [5.41, 5.74) is 9.56. The molecule has 0 atom stereocenters. The Balaban J connectivity index is 1.09. The molecule has 7 aromatic carbocycles. The van der Waals surface area contributed by atoms with Gasteiger partial charge in [-0.1, -0.05) is 152 Å². The molecule has 50 heavy (non-hydrogen) atoms. The van der Waals surface area contributed by atoms with Gasteiger partial charge in [-0.2, -0.15) is 0 Å². The normalized spacial score (nSPS) is 11.2. The number of hydrogen-bond donors (Lipinski definition) is 0. The fourth-order valence-corrected chi connectivity index (χ4v) is 6.47. The summed E-state index contributed by atoms with van der Waals surface area (Å²) in [6.45, 7) is 0. The highest BCUT2D eigenvalue weighted by atomic mass is 15.0. The molecule has 0 saturated heterocycles. The average molecular weight is 639 g/mol. The quantitative estimate of drug-likeness (QED) is 0.182. The van der Waals surface area contributed by atoms with Gasteiger partial charge in [-0.15, -0.1) is 0 Å². The van der Waals surface area contributed by atoms with Gasteiger partial charge in [-0.3, -0.25) is 4.98 Å². The van der Waals surface area contributed by atoms with Crippen LogP contribution >= 0.6 is 0 Å². The molecule has 2 aromatic heterocycles. The number of benzene rings is 7. The van der Waals surface area contributed by atoms with Crippen molar-refractivity contribution in [2.45, 2.75) is 0 Å². The zero-order valence-corrected chi connectivity index (χ0v) is 27.1. The lowest BCUT2D eigenvalue weighted by Gasteiger charge is -2.11. The van der Waals surface area contributed by atoms with Gasteiger partial charge in [0.2, 0.25) is 0 Å². The lowest BCUT2D eigenvalue weighted by Crippen LogP contribution is -2.00. The van der Waals surface area contributed by atoms with Crippen molar-refractivity contribution in [3.63, 3.8) is 0 Å². The second kappa shape index (κ2) is 12.7. The van der Waals surface area contributed by atoms with E-state index in [2.05, 4.69) is 169 Å².